The second-order valence-corrected chi connectivity index (χ2v) is 8.33. The number of aryl methyl sites for hydroxylation is 2. The zero-order valence-corrected chi connectivity index (χ0v) is 15.5. The van der Waals surface area contributed by atoms with Gasteiger partial charge in [-0.3, -0.25) is 9.20 Å². The number of imidazole rings is 1. The quantitative estimate of drug-likeness (QED) is 0.553. The van der Waals surface area contributed by atoms with Gasteiger partial charge >= 0.3 is 0 Å². The summed E-state index contributed by atoms with van der Waals surface area (Å²) in [5.74, 6) is 0.539. The Kier molecular flexibility index (Phi) is 3.55. The molecule has 0 unspecified atom stereocenters. The van der Waals surface area contributed by atoms with Crippen molar-refractivity contribution in [3.05, 3.63) is 49.0 Å². The van der Waals surface area contributed by atoms with E-state index in [1.807, 2.05) is 22.1 Å². The van der Waals surface area contributed by atoms with Crippen LogP contribution in [-0.2, 0) is 12.8 Å². The molecule has 1 aliphatic rings. The Hall–Kier alpha value is -1.96. The van der Waals surface area contributed by atoms with Gasteiger partial charge in [0.05, 0.1) is 11.1 Å². The van der Waals surface area contributed by atoms with Gasteiger partial charge in [0.25, 0.3) is 5.56 Å². The summed E-state index contributed by atoms with van der Waals surface area (Å²) in [7, 11) is 0. The normalized spacial score (nSPS) is 14.8. The van der Waals surface area contributed by atoms with E-state index in [0.717, 1.165) is 40.1 Å². The fraction of sp³-hybridized carbons (Fsp3) is 0.235. The molecule has 5 rings (SSSR count). The van der Waals surface area contributed by atoms with Gasteiger partial charge in [0.1, 0.15) is 10.7 Å². The Labute approximate surface area is 155 Å². The second kappa shape index (κ2) is 5.79. The van der Waals surface area contributed by atoms with E-state index in [1.165, 1.54) is 28.2 Å². The van der Waals surface area contributed by atoms with Crippen LogP contribution >= 0.6 is 34.3 Å². The van der Waals surface area contributed by atoms with E-state index < -0.39 is 0 Å². The minimum Gasteiger partial charge on any atom is -0.306 e. The molecule has 25 heavy (non-hydrogen) atoms. The monoisotopic (exact) mass is 388 g/mol. The molecule has 0 atom stereocenters. The average molecular weight is 389 g/mol. The number of hydrogen-bond donors (Lipinski definition) is 1. The smallest absolute Gasteiger partial charge is 0.260 e. The van der Waals surface area contributed by atoms with Crippen LogP contribution in [0, 0.1) is 0 Å². The molecule has 0 spiro atoms. The van der Waals surface area contributed by atoms with Crippen molar-refractivity contribution in [2.75, 3.05) is 0 Å². The lowest BCUT2D eigenvalue weighted by Crippen LogP contribution is -2.11. The molecule has 0 radical (unpaired) electrons. The van der Waals surface area contributed by atoms with Crippen LogP contribution in [0.2, 0.25) is 5.15 Å². The van der Waals surface area contributed by atoms with Crippen LogP contribution in [0.4, 0.5) is 0 Å². The lowest BCUT2D eigenvalue weighted by Gasteiger charge is -2.09. The fourth-order valence-corrected chi connectivity index (χ4v) is 5.62. The number of thiophene rings is 1. The SMILES string of the molecule is O=c1[nH]c(/C=C/c2c(Cl)nc3sccn23)nc2sc3c(c12)CCCC3. The minimum absolute atomic E-state index is 0.0517. The van der Waals surface area contributed by atoms with Gasteiger partial charge in [-0.15, -0.1) is 22.7 Å². The van der Waals surface area contributed by atoms with Gasteiger partial charge < -0.3 is 4.98 Å². The standard InChI is InChI=1S/C17H13ClN4OS2/c18-14-10(22-7-8-24-17(22)21-14)5-6-12-19-15(23)13-9-3-1-2-4-11(9)25-16(13)20-12/h5-8H,1-4H2,(H,19,20,23)/b6-5+. The second-order valence-electron chi connectivity index (χ2n) is 6.02. The van der Waals surface area contributed by atoms with Gasteiger partial charge in [-0.2, -0.15) is 0 Å². The van der Waals surface area contributed by atoms with Gasteiger partial charge in [0.15, 0.2) is 10.1 Å². The molecule has 4 aromatic heterocycles. The zero-order chi connectivity index (χ0) is 17.0. The highest BCUT2D eigenvalue weighted by Crippen LogP contribution is 2.33. The number of nitrogens with one attached hydrogen (secondary N) is 1. The van der Waals surface area contributed by atoms with E-state index in [4.69, 9.17) is 11.6 Å². The summed E-state index contributed by atoms with van der Waals surface area (Å²) in [5.41, 5.74) is 1.93. The summed E-state index contributed by atoms with van der Waals surface area (Å²) < 4.78 is 1.92. The van der Waals surface area contributed by atoms with Crippen molar-refractivity contribution in [2.24, 2.45) is 0 Å². The van der Waals surface area contributed by atoms with Crippen molar-refractivity contribution in [1.29, 1.82) is 0 Å². The first-order valence-corrected chi connectivity index (χ1v) is 10.1. The molecule has 0 amide bonds. The van der Waals surface area contributed by atoms with Crippen molar-refractivity contribution < 1.29 is 0 Å². The number of thiazole rings is 1. The molecule has 126 valence electrons. The van der Waals surface area contributed by atoms with Crippen LogP contribution in [0.15, 0.2) is 16.4 Å². The third-order valence-corrected chi connectivity index (χ3v) is 6.72. The molecule has 5 nitrogen and oxygen atoms in total. The molecule has 0 bridgehead atoms. The summed E-state index contributed by atoms with van der Waals surface area (Å²) in [6.45, 7) is 0. The van der Waals surface area contributed by atoms with Crippen LogP contribution < -0.4 is 5.56 Å². The molecule has 4 aromatic rings. The largest absolute Gasteiger partial charge is 0.306 e. The highest BCUT2D eigenvalue weighted by molar-refractivity contribution is 7.18. The molecule has 0 saturated carbocycles. The average Bonchev–Trinajstić information content (AvgIpc) is 3.25. The maximum absolute atomic E-state index is 12.6. The fourth-order valence-electron chi connectivity index (χ4n) is 3.34. The number of H-pyrrole nitrogens is 1. The van der Waals surface area contributed by atoms with Crippen molar-refractivity contribution in [3.8, 4) is 0 Å². The Bertz CT molecular complexity index is 1200. The van der Waals surface area contributed by atoms with E-state index in [0.29, 0.717) is 11.0 Å². The summed E-state index contributed by atoms with van der Waals surface area (Å²) in [6, 6.07) is 0. The third-order valence-electron chi connectivity index (χ3n) is 4.50. The van der Waals surface area contributed by atoms with Gasteiger partial charge in [-0.1, -0.05) is 11.6 Å². The van der Waals surface area contributed by atoms with E-state index >= 15 is 0 Å². The molecule has 1 aliphatic carbocycles. The predicted octanol–water partition coefficient (Wildman–Crippen LogP) is 4.40. The minimum atomic E-state index is -0.0517. The van der Waals surface area contributed by atoms with Crippen LogP contribution in [0.5, 0.6) is 0 Å². The number of nitrogens with zero attached hydrogens (tertiary/aromatic N) is 3. The lowest BCUT2D eigenvalue weighted by atomic mass is 9.97. The topological polar surface area (TPSA) is 63.0 Å². The van der Waals surface area contributed by atoms with Gasteiger partial charge in [-0.25, -0.2) is 9.97 Å². The zero-order valence-electron chi connectivity index (χ0n) is 13.1. The van der Waals surface area contributed by atoms with Gasteiger partial charge in [-0.05, 0) is 43.4 Å². The van der Waals surface area contributed by atoms with Crippen molar-refractivity contribution in [1.82, 2.24) is 19.4 Å². The van der Waals surface area contributed by atoms with Gasteiger partial charge in [0, 0.05) is 16.5 Å². The summed E-state index contributed by atoms with van der Waals surface area (Å²) >= 11 is 9.38. The number of aromatic nitrogens is 4. The predicted molar refractivity (Wildman–Crippen MR) is 104 cm³/mol. The molecule has 1 N–H and O–H groups in total. The Morgan fingerprint density at radius 2 is 2.12 bits per heavy atom. The highest BCUT2D eigenvalue weighted by atomic mass is 35.5. The Morgan fingerprint density at radius 3 is 3.04 bits per heavy atom. The van der Waals surface area contributed by atoms with Crippen LogP contribution in [-0.4, -0.2) is 19.4 Å². The number of halogens is 1. The van der Waals surface area contributed by atoms with E-state index in [-0.39, 0.29) is 5.56 Å². The van der Waals surface area contributed by atoms with E-state index in [1.54, 1.807) is 17.4 Å². The first kappa shape index (κ1) is 15.3. The van der Waals surface area contributed by atoms with Crippen molar-refractivity contribution in [2.45, 2.75) is 25.7 Å². The van der Waals surface area contributed by atoms with Gasteiger partial charge in [0.2, 0.25) is 0 Å². The molecule has 0 fully saturated rings. The Morgan fingerprint density at radius 1 is 1.24 bits per heavy atom. The highest BCUT2D eigenvalue weighted by Gasteiger charge is 2.19. The molecular formula is C17H13ClN4OS2. The summed E-state index contributed by atoms with van der Waals surface area (Å²) in [4.78, 5) is 27.4. The first-order chi connectivity index (χ1) is 12.2. The van der Waals surface area contributed by atoms with Crippen LogP contribution in [0.25, 0.3) is 27.3 Å². The number of hydrogen-bond acceptors (Lipinski definition) is 5. The third kappa shape index (κ3) is 2.46. The molecular weight excluding hydrogens is 376 g/mol. The maximum Gasteiger partial charge on any atom is 0.260 e. The summed E-state index contributed by atoms with van der Waals surface area (Å²) in [6.07, 6.45) is 9.93. The number of aromatic amines is 1. The molecule has 4 heterocycles. The van der Waals surface area contributed by atoms with E-state index in [2.05, 4.69) is 15.0 Å². The molecule has 0 aromatic carbocycles. The summed E-state index contributed by atoms with van der Waals surface area (Å²) in [5, 5.41) is 3.18. The lowest BCUT2D eigenvalue weighted by molar-refractivity contribution is 0.700. The molecule has 0 aliphatic heterocycles. The maximum atomic E-state index is 12.6. The molecule has 8 heteroatoms. The van der Waals surface area contributed by atoms with Crippen LogP contribution in [0.3, 0.4) is 0 Å². The van der Waals surface area contributed by atoms with Crippen molar-refractivity contribution in [3.63, 3.8) is 0 Å². The van der Waals surface area contributed by atoms with E-state index in [9.17, 15) is 4.79 Å². The number of rotatable bonds is 2. The van der Waals surface area contributed by atoms with Crippen LogP contribution in [0.1, 0.15) is 34.8 Å². The number of fused-ring (bicyclic) bond motifs is 4. The Balaban J connectivity index is 1.60. The first-order valence-electron chi connectivity index (χ1n) is 8.04. The molecule has 0 saturated heterocycles. The van der Waals surface area contributed by atoms with Crippen molar-refractivity contribution >= 4 is 61.6 Å².